The third-order valence-electron chi connectivity index (χ3n) is 3.29. The second-order valence-corrected chi connectivity index (χ2v) is 6.53. The van der Waals surface area contributed by atoms with Gasteiger partial charge in [-0.05, 0) is 31.2 Å². The highest BCUT2D eigenvalue weighted by atomic mass is 32.1. The van der Waals surface area contributed by atoms with Gasteiger partial charge in [-0.2, -0.15) is 0 Å². The molecule has 1 N–H and O–H groups in total. The first-order valence-electron chi connectivity index (χ1n) is 7.58. The first kappa shape index (κ1) is 17.9. The van der Waals surface area contributed by atoms with Crippen LogP contribution < -0.4 is 10.1 Å². The predicted molar refractivity (Wildman–Crippen MR) is 93.3 cm³/mol. The highest BCUT2D eigenvalue weighted by Gasteiger charge is 2.08. The van der Waals surface area contributed by atoms with Crippen molar-refractivity contribution in [1.82, 2.24) is 15.2 Å². The summed E-state index contributed by atoms with van der Waals surface area (Å²) < 4.78 is 5.64. The SMILES string of the molecule is Cc1nc(COc2ccc(C(=O)NCCC(=O)N(C)C)cc2)cs1. The van der Waals surface area contributed by atoms with Crippen LogP contribution in [0, 0.1) is 6.92 Å². The van der Waals surface area contributed by atoms with Crippen molar-refractivity contribution in [3.8, 4) is 5.75 Å². The minimum Gasteiger partial charge on any atom is -0.487 e. The zero-order valence-corrected chi connectivity index (χ0v) is 14.9. The molecule has 0 spiro atoms. The molecule has 2 rings (SSSR count). The molecule has 0 radical (unpaired) electrons. The summed E-state index contributed by atoms with van der Waals surface area (Å²) in [5.41, 5.74) is 1.43. The van der Waals surface area contributed by atoms with Crippen LogP contribution in [0.15, 0.2) is 29.6 Å². The second-order valence-electron chi connectivity index (χ2n) is 5.46. The Kier molecular flexibility index (Phi) is 6.31. The average molecular weight is 347 g/mol. The molecule has 1 aromatic carbocycles. The zero-order valence-electron chi connectivity index (χ0n) is 14.0. The van der Waals surface area contributed by atoms with Crippen LogP contribution in [-0.2, 0) is 11.4 Å². The van der Waals surface area contributed by atoms with E-state index in [1.165, 1.54) is 4.90 Å². The maximum atomic E-state index is 12.0. The summed E-state index contributed by atoms with van der Waals surface area (Å²) in [6, 6.07) is 6.90. The Bertz CT molecular complexity index is 695. The molecule has 0 atom stereocenters. The van der Waals surface area contributed by atoms with Crippen LogP contribution in [0.3, 0.4) is 0 Å². The molecule has 0 aliphatic heterocycles. The van der Waals surface area contributed by atoms with E-state index in [4.69, 9.17) is 4.74 Å². The van der Waals surface area contributed by atoms with Crippen molar-refractivity contribution in [2.24, 2.45) is 0 Å². The van der Waals surface area contributed by atoms with Gasteiger partial charge in [-0.25, -0.2) is 4.98 Å². The Morgan fingerprint density at radius 2 is 1.96 bits per heavy atom. The number of rotatable bonds is 7. The van der Waals surface area contributed by atoms with Crippen LogP contribution in [0.25, 0.3) is 0 Å². The topological polar surface area (TPSA) is 71.5 Å². The van der Waals surface area contributed by atoms with Crippen LogP contribution in [0.1, 0.15) is 27.5 Å². The van der Waals surface area contributed by atoms with Gasteiger partial charge in [0.2, 0.25) is 5.91 Å². The summed E-state index contributed by atoms with van der Waals surface area (Å²) in [6.07, 6.45) is 0.285. The van der Waals surface area contributed by atoms with Gasteiger partial charge in [-0.15, -0.1) is 11.3 Å². The fourth-order valence-corrected chi connectivity index (χ4v) is 2.54. The molecule has 128 valence electrons. The lowest BCUT2D eigenvalue weighted by atomic mass is 10.2. The summed E-state index contributed by atoms with van der Waals surface area (Å²) in [7, 11) is 3.38. The predicted octanol–water partition coefficient (Wildman–Crippen LogP) is 2.24. The molecular weight excluding hydrogens is 326 g/mol. The molecule has 0 bridgehead atoms. The monoisotopic (exact) mass is 347 g/mol. The highest BCUT2D eigenvalue weighted by Crippen LogP contribution is 2.15. The lowest BCUT2D eigenvalue weighted by molar-refractivity contribution is -0.128. The third kappa shape index (κ3) is 5.34. The number of carbonyl (C=O) groups excluding carboxylic acids is 2. The quantitative estimate of drug-likeness (QED) is 0.834. The molecule has 7 heteroatoms. The van der Waals surface area contributed by atoms with Crippen molar-refractivity contribution < 1.29 is 14.3 Å². The summed E-state index contributed by atoms with van der Waals surface area (Å²) >= 11 is 1.59. The molecule has 0 aliphatic rings. The number of benzene rings is 1. The van der Waals surface area contributed by atoms with E-state index in [1.54, 1.807) is 49.7 Å². The molecule has 0 fully saturated rings. The third-order valence-corrected chi connectivity index (χ3v) is 4.12. The van der Waals surface area contributed by atoms with Gasteiger partial charge in [-0.1, -0.05) is 0 Å². The normalized spacial score (nSPS) is 10.3. The number of aryl methyl sites for hydroxylation is 1. The number of aromatic nitrogens is 1. The Hall–Kier alpha value is -2.41. The molecule has 0 saturated carbocycles. The van der Waals surface area contributed by atoms with E-state index in [0.29, 0.717) is 24.5 Å². The number of hydrogen-bond acceptors (Lipinski definition) is 5. The summed E-state index contributed by atoms with van der Waals surface area (Å²) in [4.78, 5) is 29.3. The highest BCUT2D eigenvalue weighted by molar-refractivity contribution is 7.09. The number of hydrogen-bond donors (Lipinski definition) is 1. The van der Waals surface area contributed by atoms with Crippen LogP contribution in [0.4, 0.5) is 0 Å². The maximum absolute atomic E-state index is 12.0. The molecule has 1 aromatic heterocycles. The van der Waals surface area contributed by atoms with E-state index >= 15 is 0 Å². The van der Waals surface area contributed by atoms with E-state index in [-0.39, 0.29) is 18.2 Å². The molecule has 6 nitrogen and oxygen atoms in total. The molecule has 1 heterocycles. The van der Waals surface area contributed by atoms with E-state index < -0.39 is 0 Å². The number of nitrogens with zero attached hydrogens (tertiary/aromatic N) is 2. The number of amides is 2. The van der Waals surface area contributed by atoms with Gasteiger partial charge in [0.25, 0.3) is 5.91 Å². The summed E-state index contributed by atoms with van der Waals surface area (Å²) in [6.45, 7) is 2.67. The Labute approximate surface area is 145 Å². The van der Waals surface area contributed by atoms with Crippen LogP contribution >= 0.6 is 11.3 Å². The van der Waals surface area contributed by atoms with Gasteiger partial charge in [0, 0.05) is 38.0 Å². The number of thiazole rings is 1. The van der Waals surface area contributed by atoms with Crippen molar-refractivity contribution in [3.63, 3.8) is 0 Å². The average Bonchev–Trinajstić information content (AvgIpc) is 2.98. The number of nitrogens with one attached hydrogen (secondary N) is 1. The van der Waals surface area contributed by atoms with Crippen molar-refractivity contribution >= 4 is 23.2 Å². The van der Waals surface area contributed by atoms with E-state index in [9.17, 15) is 9.59 Å². The fourth-order valence-electron chi connectivity index (χ4n) is 1.94. The molecule has 2 aromatic rings. The number of carbonyl (C=O) groups is 2. The van der Waals surface area contributed by atoms with Gasteiger partial charge >= 0.3 is 0 Å². The molecular formula is C17H21N3O3S. The minimum absolute atomic E-state index is 0.0173. The first-order valence-corrected chi connectivity index (χ1v) is 8.46. The fraction of sp³-hybridized carbons (Fsp3) is 0.353. The smallest absolute Gasteiger partial charge is 0.251 e. The largest absolute Gasteiger partial charge is 0.487 e. The van der Waals surface area contributed by atoms with E-state index in [1.807, 2.05) is 12.3 Å². The summed E-state index contributed by atoms with van der Waals surface area (Å²) in [5, 5.41) is 5.70. The van der Waals surface area contributed by atoms with Crippen LogP contribution in [-0.4, -0.2) is 42.3 Å². The zero-order chi connectivity index (χ0) is 17.5. The Balaban J connectivity index is 1.80. The van der Waals surface area contributed by atoms with Crippen molar-refractivity contribution in [2.75, 3.05) is 20.6 Å². The van der Waals surface area contributed by atoms with E-state index in [2.05, 4.69) is 10.3 Å². The van der Waals surface area contributed by atoms with E-state index in [0.717, 1.165) is 10.7 Å². The van der Waals surface area contributed by atoms with Crippen molar-refractivity contribution in [2.45, 2.75) is 20.0 Å². The number of ether oxygens (including phenoxy) is 1. The van der Waals surface area contributed by atoms with Gasteiger partial charge in [0.15, 0.2) is 0 Å². The second kappa shape index (κ2) is 8.44. The van der Waals surface area contributed by atoms with Gasteiger partial charge in [0.05, 0.1) is 10.7 Å². The minimum atomic E-state index is -0.205. The van der Waals surface area contributed by atoms with Gasteiger partial charge in [-0.3, -0.25) is 9.59 Å². The Morgan fingerprint density at radius 3 is 2.54 bits per heavy atom. The lowest BCUT2D eigenvalue weighted by Crippen LogP contribution is -2.30. The first-order chi connectivity index (χ1) is 11.5. The summed E-state index contributed by atoms with van der Waals surface area (Å²) in [5.74, 6) is 0.458. The molecule has 0 saturated heterocycles. The molecule has 2 amide bonds. The Morgan fingerprint density at radius 1 is 1.25 bits per heavy atom. The lowest BCUT2D eigenvalue weighted by Gasteiger charge is -2.10. The van der Waals surface area contributed by atoms with Gasteiger partial charge < -0.3 is 15.0 Å². The van der Waals surface area contributed by atoms with Crippen molar-refractivity contribution in [3.05, 3.63) is 45.9 Å². The van der Waals surface area contributed by atoms with Crippen LogP contribution in [0.2, 0.25) is 0 Å². The maximum Gasteiger partial charge on any atom is 0.251 e. The van der Waals surface area contributed by atoms with Gasteiger partial charge in [0.1, 0.15) is 12.4 Å². The molecule has 0 unspecified atom stereocenters. The van der Waals surface area contributed by atoms with Crippen LogP contribution in [0.5, 0.6) is 5.75 Å². The van der Waals surface area contributed by atoms with Crippen molar-refractivity contribution in [1.29, 1.82) is 0 Å². The standard InChI is InChI=1S/C17H21N3O3S/c1-12-19-14(11-24-12)10-23-15-6-4-13(5-7-15)17(22)18-9-8-16(21)20(2)3/h4-7,11H,8-10H2,1-3H3,(H,18,22). The molecule has 24 heavy (non-hydrogen) atoms. The molecule has 0 aliphatic carbocycles.